The van der Waals surface area contributed by atoms with E-state index in [2.05, 4.69) is 4.72 Å². The van der Waals surface area contributed by atoms with E-state index in [1.54, 1.807) is 44.2 Å². The van der Waals surface area contributed by atoms with E-state index >= 15 is 0 Å². The molecule has 0 bridgehead atoms. The van der Waals surface area contributed by atoms with Gasteiger partial charge in [0.05, 0.1) is 4.90 Å². The zero-order valence-electron chi connectivity index (χ0n) is 8.84. The molecule has 0 aliphatic carbocycles. The van der Waals surface area contributed by atoms with E-state index in [1.807, 2.05) is 0 Å². The van der Waals surface area contributed by atoms with Gasteiger partial charge < -0.3 is 5.73 Å². The molecule has 0 heterocycles. The van der Waals surface area contributed by atoms with Crippen molar-refractivity contribution in [2.24, 2.45) is 5.73 Å². The first-order valence-electron chi connectivity index (χ1n) is 4.76. The number of sulfonamides is 1. The minimum absolute atomic E-state index is 0.219. The quantitative estimate of drug-likeness (QED) is 0.797. The summed E-state index contributed by atoms with van der Waals surface area (Å²) in [5, 5.41) is 0. The summed E-state index contributed by atoms with van der Waals surface area (Å²) in [5.74, 6) is 0. The molecular formula is C10H16N2O2S. The maximum absolute atomic E-state index is 11.8. The molecule has 0 aliphatic rings. The smallest absolute Gasteiger partial charge is 0.240 e. The van der Waals surface area contributed by atoms with Crippen LogP contribution in [0.4, 0.5) is 0 Å². The second-order valence-electron chi connectivity index (χ2n) is 3.58. The summed E-state index contributed by atoms with van der Waals surface area (Å²) in [6.45, 7) is 3.50. The lowest BCUT2D eigenvalue weighted by Crippen LogP contribution is -2.43. The molecule has 2 unspecified atom stereocenters. The molecular weight excluding hydrogens is 212 g/mol. The number of hydrogen-bond donors (Lipinski definition) is 2. The Bertz CT molecular complexity index is 401. The molecule has 15 heavy (non-hydrogen) atoms. The molecule has 1 aromatic carbocycles. The van der Waals surface area contributed by atoms with Crippen LogP contribution in [0.15, 0.2) is 35.2 Å². The van der Waals surface area contributed by atoms with Gasteiger partial charge >= 0.3 is 0 Å². The fourth-order valence-electron chi connectivity index (χ4n) is 1.02. The second kappa shape index (κ2) is 4.74. The molecule has 1 aromatic rings. The monoisotopic (exact) mass is 228 g/mol. The van der Waals surface area contributed by atoms with E-state index < -0.39 is 10.0 Å². The van der Waals surface area contributed by atoms with Crippen molar-refractivity contribution < 1.29 is 8.42 Å². The third-order valence-corrected chi connectivity index (χ3v) is 3.76. The number of nitrogens with one attached hydrogen (secondary N) is 1. The van der Waals surface area contributed by atoms with Crippen LogP contribution in [0, 0.1) is 0 Å². The number of rotatable bonds is 4. The van der Waals surface area contributed by atoms with Crippen LogP contribution in [0.2, 0.25) is 0 Å². The molecule has 4 nitrogen and oxygen atoms in total. The van der Waals surface area contributed by atoms with Crippen LogP contribution >= 0.6 is 0 Å². The van der Waals surface area contributed by atoms with Crippen LogP contribution in [0.3, 0.4) is 0 Å². The summed E-state index contributed by atoms with van der Waals surface area (Å²) < 4.78 is 26.1. The van der Waals surface area contributed by atoms with E-state index in [9.17, 15) is 8.42 Å². The van der Waals surface area contributed by atoms with Crippen molar-refractivity contribution in [3.05, 3.63) is 30.3 Å². The minimum atomic E-state index is -3.43. The third kappa shape index (κ3) is 3.30. The second-order valence-corrected chi connectivity index (χ2v) is 5.30. The number of benzene rings is 1. The Balaban J connectivity index is 2.86. The van der Waals surface area contributed by atoms with E-state index in [0.29, 0.717) is 0 Å². The Morgan fingerprint density at radius 2 is 1.73 bits per heavy atom. The van der Waals surface area contributed by atoms with Crippen LogP contribution in [-0.4, -0.2) is 20.5 Å². The molecule has 1 rings (SSSR count). The zero-order chi connectivity index (χ0) is 11.5. The number of hydrogen-bond acceptors (Lipinski definition) is 3. The molecule has 0 saturated heterocycles. The van der Waals surface area contributed by atoms with Gasteiger partial charge in [-0.25, -0.2) is 13.1 Å². The minimum Gasteiger partial charge on any atom is -0.327 e. The summed E-state index contributed by atoms with van der Waals surface area (Å²) in [6.07, 6.45) is 0. The molecule has 0 aliphatic heterocycles. The summed E-state index contributed by atoms with van der Waals surface area (Å²) in [7, 11) is -3.43. The predicted octanol–water partition coefficient (Wildman–Crippen LogP) is 0.701. The molecule has 5 heteroatoms. The van der Waals surface area contributed by atoms with Crippen molar-refractivity contribution in [3.63, 3.8) is 0 Å². The predicted molar refractivity (Wildman–Crippen MR) is 59.9 cm³/mol. The first-order chi connectivity index (χ1) is 6.93. The van der Waals surface area contributed by atoms with Gasteiger partial charge in [0.2, 0.25) is 10.0 Å². The molecule has 2 atom stereocenters. The van der Waals surface area contributed by atoms with E-state index in [-0.39, 0.29) is 17.0 Å². The van der Waals surface area contributed by atoms with E-state index in [0.717, 1.165) is 0 Å². The van der Waals surface area contributed by atoms with Crippen molar-refractivity contribution >= 4 is 10.0 Å². The first-order valence-corrected chi connectivity index (χ1v) is 6.25. The van der Waals surface area contributed by atoms with Crippen LogP contribution in [0.1, 0.15) is 13.8 Å². The Morgan fingerprint density at radius 3 is 2.20 bits per heavy atom. The zero-order valence-corrected chi connectivity index (χ0v) is 9.66. The van der Waals surface area contributed by atoms with Crippen molar-refractivity contribution in [1.29, 1.82) is 0 Å². The van der Waals surface area contributed by atoms with Gasteiger partial charge in [-0.2, -0.15) is 0 Å². The van der Waals surface area contributed by atoms with Gasteiger partial charge in [0.25, 0.3) is 0 Å². The van der Waals surface area contributed by atoms with Gasteiger partial charge in [0.15, 0.2) is 0 Å². The standard InChI is InChI=1S/C10H16N2O2S/c1-8(11)9(2)12-15(13,14)10-6-4-3-5-7-10/h3-9,12H,11H2,1-2H3. The van der Waals surface area contributed by atoms with E-state index in [4.69, 9.17) is 5.73 Å². The van der Waals surface area contributed by atoms with Gasteiger partial charge in [0, 0.05) is 12.1 Å². The van der Waals surface area contributed by atoms with Crippen LogP contribution in [0.5, 0.6) is 0 Å². The topological polar surface area (TPSA) is 72.2 Å². The molecule has 0 fully saturated rings. The fourth-order valence-corrected chi connectivity index (χ4v) is 2.38. The van der Waals surface area contributed by atoms with Crippen molar-refractivity contribution in [2.45, 2.75) is 30.8 Å². The third-order valence-electron chi connectivity index (χ3n) is 2.18. The summed E-state index contributed by atoms with van der Waals surface area (Å²) >= 11 is 0. The van der Waals surface area contributed by atoms with Crippen LogP contribution in [0.25, 0.3) is 0 Å². The summed E-state index contributed by atoms with van der Waals surface area (Å²) in [6, 6.07) is 7.75. The lowest BCUT2D eigenvalue weighted by molar-refractivity contribution is 0.523. The number of nitrogens with two attached hydrogens (primary N) is 1. The molecule has 0 spiro atoms. The van der Waals surface area contributed by atoms with E-state index in [1.165, 1.54) is 0 Å². The Morgan fingerprint density at radius 1 is 1.20 bits per heavy atom. The first kappa shape index (κ1) is 12.2. The highest BCUT2D eigenvalue weighted by Gasteiger charge is 2.18. The summed E-state index contributed by atoms with van der Waals surface area (Å²) in [4.78, 5) is 0.262. The highest BCUT2D eigenvalue weighted by Crippen LogP contribution is 2.08. The average Bonchev–Trinajstić information content (AvgIpc) is 2.18. The molecule has 84 valence electrons. The Labute approximate surface area is 90.5 Å². The maximum atomic E-state index is 11.8. The van der Waals surface area contributed by atoms with Crippen LogP contribution in [-0.2, 0) is 10.0 Å². The molecule has 3 N–H and O–H groups in total. The molecule has 0 radical (unpaired) electrons. The summed E-state index contributed by atoms with van der Waals surface area (Å²) in [5.41, 5.74) is 5.59. The lowest BCUT2D eigenvalue weighted by atomic mass is 10.2. The largest absolute Gasteiger partial charge is 0.327 e. The highest BCUT2D eigenvalue weighted by atomic mass is 32.2. The highest BCUT2D eigenvalue weighted by molar-refractivity contribution is 7.89. The van der Waals surface area contributed by atoms with Gasteiger partial charge in [-0.1, -0.05) is 18.2 Å². The maximum Gasteiger partial charge on any atom is 0.240 e. The Hall–Kier alpha value is -0.910. The van der Waals surface area contributed by atoms with Gasteiger partial charge in [0.1, 0.15) is 0 Å². The van der Waals surface area contributed by atoms with Gasteiger partial charge in [-0.15, -0.1) is 0 Å². The fraction of sp³-hybridized carbons (Fsp3) is 0.400. The SMILES string of the molecule is CC(N)C(C)NS(=O)(=O)c1ccccc1. The Kier molecular flexibility index (Phi) is 3.84. The van der Waals surface area contributed by atoms with Crippen molar-refractivity contribution in [1.82, 2.24) is 4.72 Å². The molecule has 0 saturated carbocycles. The average molecular weight is 228 g/mol. The van der Waals surface area contributed by atoms with Crippen molar-refractivity contribution in [2.75, 3.05) is 0 Å². The molecule has 0 aromatic heterocycles. The lowest BCUT2D eigenvalue weighted by Gasteiger charge is -2.17. The van der Waals surface area contributed by atoms with Gasteiger partial charge in [-0.05, 0) is 26.0 Å². The van der Waals surface area contributed by atoms with Gasteiger partial charge in [-0.3, -0.25) is 0 Å². The molecule has 0 amide bonds. The van der Waals surface area contributed by atoms with Crippen LogP contribution < -0.4 is 10.5 Å². The normalized spacial score (nSPS) is 15.9. The van der Waals surface area contributed by atoms with Crippen molar-refractivity contribution in [3.8, 4) is 0 Å².